The number of fused-ring (bicyclic) bond motifs is 1. The number of thioether (sulfide) groups is 1. The van der Waals surface area contributed by atoms with Gasteiger partial charge in [-0.15, -0.1) is 0 Å². The van der Waals surface area contributed by atoms with Crippen molar-refractivity contribution < 1.29 is 27.9 Å². The zero-order chi connectivity index (χ0) is 24.5. The predicted molar refractivity (Wildman–Crippen MR) is 129 cm³/mol. The number of halogens is 1. The number of para-hydroxylation sites is 1. The molecule has 0 bridgehead atoms. The van der Waals surface area contributed by atoms with Gasteiger partial charge in [-0.05, 0) is 53.7 Å². The van der Waals surface area contributed by atoms with Gasteiger partial charge >= 0.3 is 5.97 Å². The molecule has 1 fully saturated rings. The maximum atomic E-state index is 13.3. The minimum atomic E-state index is -0.637. The Kier molecular flexibility index (Phi) is 6.00. The summed E-state index contributed by atoms with van der Waals surface area (Å²) in [5, 5.41) is 0.502. The molecule has 3 heterocycles. The third-order valence-corrected chi connectivity index (χ3v) is 6.52. The Morgan fingerprint density at radius 1 is 1.06 bits per heavy atom. The molecule has 4 aromatic rings. The first-order valence-electron chi connectivity index (χ1n) is 10.7. The lowest BCUT2D eigenvalue weighted by atomic mass is 10.1. The highest BCUT2D eigenvalue weighted by Gasteiger charge is 2.36. The second-order valence-corrected chi connectivity index (χ2v) is 8.87. The fourth-order valence-electron chi connectivity index (χ4n) is 3.91. The molecule has 0 atom stereocenters. The van der Waals surface area contributed by atoms with Crippen molar-refractivity contribution in [3.05, 3.63) is 100 Å². The van der Waals surface area contributed by atoms with Gasteiger partial charge in [0.05, 0.1) is 18.6 Å². The normalized spacial score (nSPS) is 14.9. The monoisotopic (exact) mass is 490 g/mol. The number of ether oxygens (including phenoxy) is 1. The summed E-state index contributed by atoms with van der Waals surface area (Å²) >= 11 is 0.851. The van der Waals surface area contributed by atoms with Crippen molar-refractivity contribution in [3.63, 3.8) is 0 Å². The van der Waals surface area contributed by atoms with Crippen molar-refractivity contribution in [2.75, 3.05) is 7.11 Å². The lowest BCUT2D eigenvalue weighted by Gasteiger charge is -2.09. The summed E-state index contributed by atoms with van der Waals surface area (Å²) in [5.74, 6) is -1.07. The molecular weight excluding hydrogens is 471 g/mol. The van der Waals surface area contributed by atoms with Gasteiger partial charge in [0.25, 0.3) is 11.1 Å². The number of furan rings is 1. The third kappa shape index (κ3) is 4.50. The number of imide groups is 1. The lowest BCUT2D eigenvalue weighted by molar-refractivity contribution is -0.123. The van der Waals surface area contributed by atoms with E-state index < -0.39 is 17.1 Å². The Balaban J connectivity index is 1.41. The van der Waals surface area contributed by atoms with Gasteiger partial charge in [0.15, 0.2) is 0 Å². The van der Waals surface area contributed by atoms with E-state index in [1.54, 1.807) is 18.2 Å². The van der Waals surface area contributed by atoms with Crippen LogP contribution in [0.15, 0.2) is 76.2 Å². The summed E-state index contributed by atoms with van der Waals surface area (Å²) in [6, 6.07) is 17.0. The molecule has 1 aliphatic heterocycles. The Bertz CT molecular complexity index is 1490. The fourth-order valence-corrected chi connectivity index (χ4v) is 4.74. The summed E-state index contributed by atoms with van der Waals surface area (Å²) in [6.07, 6.45) is 3.62. The molecule has 0 unspecified atom stereocenters. The second-order valence-electron chi connectivity index (χ2n) is 7.88. The summed E-state index contributed by atoms with van der Waals surface area (Å²) in [5.41, 5.74) is 2.68. The van der Waals surface area contributed by atoms with E-state index in [2.05, 4.69) is 4.74 Å². The molecule has 0 radical (unpaired) electrons. The van der Waals surface area contributed by atoms with Crippen molar-refractivity contribution in [3.8, 4) is 0 Å². The lowest BCUT2D eigenvalue weighted by Crippen LogP contribution is -2.27. The minimum absolute atomic E-state index is 0.000947. The number of methoxy groups -OCH3 is 1. The van der Waals surface area contributed by atoms with Crippen LogP contribution < -0.4 is 0 Å². The van der Waals surface area contributed by atoms with Crippen molar-refractivity contribution >= 4 is 45.9 Å². The molecular formula is C26H19FN2O5S. The quantitative estimate of drug-likeness (QED) is 0.264. The van der Waals surface area contributed by atoms with Crippen LogP contribution in [-0.2, 0) is 22.6 Å². The molecule has 0 aliphatic carbocycles. The van der Waals surface area contributed by atoms with Crippen LogP contribution in [0.5, 0.6) is 0 Å². The summed E-state index contributed by atoms with van der Waals surface area (Å²) in [7, 11) is 1.24. The molecule has 2 amide bonds. The molecule has 7 nitrogen and oxygen atoms in total. The Hall–Kier alpha value is -4.11. The van der Waals surface area contributed by atoms with Gasteiger partial charge in [0.2, 0.25) is 5.76 Å². The van der Waals surface area contributed by atoms with Crippen LogP contribution in [-0.4, -0.2) is 33.7 Å². The highest BCUT2D eigenvalue weighted by molar-refractivity contribution is 8.18. The Labute approximate surface area is 203 Å². The van der Waals surface area contributed by atoms with Crippen LogP contribution in [0.3, 0.4) is 0 Å². The molecule has 2 aromatic heterocycles. The smallest absolute Gasteiger partial charge is 0.373 e. The maximum Gasteiger partial charge on any atom is 0.373 e. The van der Waals surface area contributed by atoms with Crippen LogP contribution in [0.1, 0.15) is 27.4 Å². The minimum Gasteiger partial charge on any atom is -0.463 e. The summed E-state index contributed by atoms with van der Waals surface area (Å²) in [4.78, 5) is 38.6. The van der Waals surface area contributed by atoms with Gasteiger partial charge in [0, 0.05) is 29.2 Å². The van der Waals surface area contributed by atoms with E-state index in [0.717, 1.165) is 38.7 Å². The topological polar surface area (TPSA) is 81.8 Å². The molecule has 9 heteroatoms. The van der Waals surface area contributed by atoms with Crippen LogP contribution >= 0.6 is 11.8 Å². The molecule has 1 aliphatic rings. The van der Waals surface area contributed by atoms with Gasteiger partial charge in [-0.25, -0.2) is 9.18 Å². The number of hydrogen-bond acceptors (Lipinski definition) is 6. The zero-order valence-electron chi connectivity index (χ0n) is 18.6. The van der Waals surface area contributed by atoms with E-state index in [1.807, 2.05) is 35.0 Å². The molecule has 1 saturated heterocycles. The van der Waals surface area contributed by atoms with E-state index in [4.69, 9.17) is 4.42 Å². The second kappa shape index (κ2) is 9.27. The molecule has 0 saturated carbocycles. The molecule has 5 rings (SSSR count). The largest absolute Gasteiger partial charge is 0.463 e. The van der Waals surface area contributed by atoms with Gasteiger partial charge in [-0.3, -0.25) is 14.5 Å². The third-order valence-electron chi connectivity index (χ3n) is 5.61. The highest BCUT2D eigenvalue weighted by Crippen LogP contribution is 2.35. The van der Waals surface area contributed by atoms with Crippen molar-refractivity contribution in [2.24, 2.45) is 0 Å². The van der Waals surface area contributed by atoms with E-state index in [-0.39, 0.29) is 18.1 Å². The first-order valence-corrected chi connectivity index (χ1v) is 11.5. The molecule has 35 heavy (non-hydrogen) atoms. The Morgan fingerprint density at radius 3 is 2.60 bits per heavy atom. The number of nitrogens with zero attached hydrogens (tertiary/aromatic N) is 2. The summed E-state index contributed by atoms with van der Waals surface area (Å²) < 4.78 is 25.3. The number of esters is 1. The van der Waals surface area contributed by atoms with Crippen LogP contribution in [0.4, 0.5) is 9.18 Å². The molecule has 0 N–H and O–H groups in total. The Morgan fingerprint density at radius 2 is 1.83 bits per heavy atom. The first-order chi connectivity index (χ1) is 16.9. The standard InChI is InChI=1S/C26H19FN2O5S/c1-33-25(31)22-11-10-19(34-22)15-29-24(30)23(35-26(29)32)12-17-14-28(21-5-3-2-4-20(17)21)13-16-6-8-18(27)9-7-16/h2-12,14H,13,15H2,1H3. The van der Waals surface area contributed by atoms with E-state index in [0.29, 0.717) is 17.2 Å². The van der Waals surface area contributed by atoms with E-state index in [1.165, 1.54) is 31.4 Å². The number of amides is 2. The number of aromatic nitrogens is 1. The van der Waals surface area contributed by atoms with Gasteiger partial charge in [-0.1, -0.05) is 30.3 Å². The number of carbonyl (C=O) groups excluding carboxylic acids is 3. The number of benzene rings is 2. The van der Waals surface area contributed by atoms with Crippen molar-refractivity contribution in [1.82, 2.24) is 9.47 Å². The van der Waals surface area contributed by atoms with Gasteiger partial charge < -0.3 is 13.7 Å². The number of rotatable bonds is 6. The number of hydrogen-bond donors (Lipinski definition) is 0. The molecule has 176 valence electrons. The van der Waals surface area contributed by atoms with E-state index in [9.17, 15) is 18.8 Å². The number of carbonyl (C=O) groups is 3. The zero-order valence-corrected chi connectivity index (χ0v) is 19.4. The van der Waals surface area contributed by atoms with Crippen molar-refractivity contribution in [1.29, 1.82) is 0 Å². The SMILES string of the molecule is COC(=O)c1ccc(CN2C(=O)SC(=Cc3cn(Cc4ccc(F)cc4)c4ccccc34)C2=O)o1. The maximum absolute atomic E-state index is 13.3. The summed E-state index contributed by atoms with van der Waals surface area (Å²) in [6.45, 7) is 0.433. The van der Waals surface area contributed by atoms with Crippen LogP contribution in [0.25, 0.3) is 17.0 Å². The average Bonchev–Trinajstić information content (AvgIpc) is 3.54. The highest BCUT2D eigenvalue weighted by atomic mass is 32.2. The molecule has 2 aromatic carbocycles. The van der Waals surface area contributed by atoms with Crippen molar-refractivity contribution in [2.45, 2.75) is 13.1 Å². The molecule has 0 spiro atoms. The average molecular weight is 491 g/mol. The fraction of sp³-hybridized carbons (Fsp3) is 0.115. The first kappa shape index (κ1) is 22.7. The van der Waals surface area contributed by atoms with Crippen LogP contribution in [0.2, 0.25) is 0 Å². The predicted octanol–water partition coefficient (Wildman–Crippen LogP) is 5.44. The van der Waals surface area contributed by atoms with E-state index >= 15 is 0 Å². The van der Waals surface area contributed by atoms with Gasteiger partial charge in [0.1, 0.15) is 11.6 Å². The van der Waals surface area contributed by atoms with Crippen LogP contribution in [0, 0.1) is 5.82 Å². The van der Waals surface area contributed by atoms with Gasteiger partial charge in [-0.2, -0.15) is 0 Å².